The zero-order valence-electron chi connectivity index (χ0n) is 24.4. The van der Waals surface area contributed by atoms with Crippen molar-refractivity contribution in [3.63, 3.8) is 0 Å². The molecule has 8 rings (SSSR count). The topological polar surface area (TPSA) is 389 Å². The highest BCUT2D eigenvalue weighted by molar-refractivity contribution is 7.47. The van der Waals surface area contributed by atoms with Gasteiger partial charge in [0, 0.05) is 0 Å². The number of hydrogen-bond acceptors (Lipinski definition) is 20. The Kier molecular flexibility index (Phi) is 8.46. The number of hydrogen-bond donors (Lipinski definition) is 8. The number of nitrogens with zero attached hydrogens (tertiary/aromatic N) is 7. The number of aromatic amines is 1. The molecule has 4 aliphatic heterocycles. The number of aliphatic hydroxyl groups is 1. The molecule has 0 spiro atoms. The molecular weight excluding hydrogens is 690 g/mol. The molecule has 25 nitrogen and oxygen atoms in total. The molecular formula is C21H30N12O13P2. The molecule has 0 amide bonds. The Labute approximate surface area is 266 Å². The number of ether oxygens (including phenoxy) is 3. The predicted octanol–water partition coefficient (Wildman–Crippen LogP) is -1.61. The van der Waals surface area contributed by atoms with Crippen molar-refractivity contribution in [3.8, 4) is 0 Å². The van der Waals surface area contributed by atoms with Crippen LogP contribution in [0, 0.1) is 0 Å². The third-order valence-corrected chi connectivity index (χ3v) is 9.98. The zero-order chi connectivity index (χ0) is 32.2. The summed E-state index contributed by atoms with van der Waals surface area (Å²) < 4.78 is 68.7. The van der Waals surface area contributed by atoms with E-state index in [-0.39, 0.29) is 53.0 Å². The van der Waals surface area contributed by atoms with E-state index in [1.165, 1.54) is 17.2 Å². The number of nitrogen functional groups attached to an aromatic ring is 2. The van der Waals surface area contributed by atoms with Crippen LogP contribution in [0.15, 0.2) is 23.8 Å². The van der Waals surface area contributed by atoms with E-state index in [4.69, 9.17) is 43.8 Å². The average Bonchev–Trinajstić information content (AvgIpc) is 3.80. The Hall–Kier alpha value is -3.52. The molecule has 0 aromatic carbocycles. The van der Waals surface area contributed by atoms with Gasteiger partial charge in [0.1, 0.15) is 48.0 Å². The van der Waals surface area contributed by atoms with Gasteiger partial charge in [-0.15, -0.1) is 0 Å². The van der Waals surface area contributed by atoms with Crippen molar-refractivity contribution >= 4 is 49.7 Å². The highest BCUT2D eigenvalue weighted by Crippen LogP contribution is 2.58. The minimum atomic E-state index is -5.11. The van der Waals surface area contributed by atoms with Crippen LogP contribution < -0.4 is 29.3 Å². The second-order valence-corrected chi connectivity index (χ2v) is 13.7. The molecule has 8 heterocycles. The van der Waals surface area contributed by atoms with Gasteiger partial charge in [0.25, 0.3) is 5.56 Å². The molecule has 0 radical (unpaired) electrons. The second-order valence-electron chi connectivity index (χ2n) is 10.9. The summed E-state index contributed by atoms with van der Waals surface area (Å²) in [6, 6.07) is 0. The predicted molar refractivity (Wildman–Crippen MR) is 156 cm³/mol. The van der Waals surface area contributed by atoms with E-state index in [0.29, 0.717) is 0 Å². The molecule has 262 valence electrons. The summed E-state index contributed by atoms with van der Waals surface area (Å²) in [7, 11) is -10.1. The van der Waals surface area contributed by atoms with Crippen LogP contribution in [-0.4, -0.2) is 110 Å². The number of aliphatic hydroxyl groups excluding tert-OH is 1. The summed E-state index contributed by atoms with van der Waals surface area (Å²) in [5.74, 6) is -0.181. The highest BCUT2D eigenvalue weighted by Gasteiger charge is 2.66. The van der Waals surface area contributed by atoms with Gasteiger partial charge in [-0.05, 0) is 0 Å². The first-order valence-electron chi connectivity index (χ1n) is 13.4. The number of H-pyrrole nitrogens is 1. The zero-order valence-corrected chi connectivity index (χ0v) is 26.2. The van der Waals surface area contributed by atoms with Gasteiger partial charge in [-0.1, -0.05) is 0 Å². The summed E-state index contributed by atoms with van der Waals surface area (Å²) in [4.78, 5) is 56.5. The quantitative estimate of drug-likeness (QED) is 0.108. The number of rotatable bonds is 2. The van der Waals surface area contributed by atoms with Crippen molar-refractivity contribution in [3.05, 3.63) is 29.3 Å². The maximum atomic E-state index is 13.4. The Morgan fingerprint density at radius 3 is 2.40 bits per heavy atom. The van der Waals surface area contributed by atoms with E-state index >= 15 is 0 Å². The lowest BCUT2D eigenvalue weighted by Gasteiger charge is -2.32. The molecule has 48 heavy (non-hydrogen) atoms. The van der Waals surface area contributed by atoms with Gasteiger partial charge in [0.15, 0.2) is 35.1 Å². The standard InChI is InChI=1S/C21H24N10O13P2.2H3N/c22-14-8-15(25-4-24-14)30(5-26-8)19-12-13-21(42-19,2-38-12)3-40-46(36,37)43-11-10(32)7(1-39-45(34,35)44-13)41-18(11)31-6-27-9-16(31)28-20(23)29-17(9)33;;/h4-7,10-13,18-19,32H,1-3H2,(H,34,35)(H,36,37)(H2,22,24,25)(H3,23,28,29,33);2*1H3/t7-,10-,11-,12-,13+,18-,19-,21-;;/m1../s1. The third kappa shape index (κ3) is 5.39. The summed E-state index contributed by atoms with van der Waals surface area (Å²) in [5, 5.41) is 11.1. The van der Waals surface area contributed by atoms with E-state index < -0.39 is 83.0 Å². The Bertz CT molecular complexity index is 2030. The first kappa shape index (κ1) is 34.3. The van der Waals surface area contributed by atoms with E-state index in [0.717, 1.165) is 10.9 Å². The van der Waals surface area contributed by atoms with Crippen molar-refractivity contribution in [1.29, 1.82) is 0 Å². The van der Waals surface area contributed by atoms with E-state index in [9.17, 15) is 28.8 Å². The van der Waals surface area contributed by atoms with Crippen molar-refractivity contribution < 1.29 is 56.3 Å². The first-order chi connectivity index (χ1) is 21.8. The summed E-state index contributed by atoms with van der Waals surface area (Å²) in [5.41, 5.74) is 9.37. The minimum absolute atomic E-state index is 0. The molecule has 4 aromatic rings. The van der Waals surface area contributed by atoms with Gasteiger partial charge in [-0.2, -0.15) is 4.98 Å². The number of nitrogens with one attached hydrogen (secondary N) is 1. The van der Waals surface area contributed by atoms with Gasteiger partial charge < -0.3 is 52.9 Å². The molecule has 4 saturated heterocycles. The maximum absolute atomic E-state index is 13.4. The molecule has 0 saturated carbocycles. The van der Waals surface area contributed by atoms with Crippen molar-refractivity contribution in [2.24, 2.45) is 0 Å². The Morgan fingerprint density at radius 2 is 1.62 bits per heavy atom. The molecule has 10 atom stereocenters. The highest BCUT2D eigenvalue weighted by atomic mass is 31.2. The number of anilines is 2. The number of nitrogens with two attached hydrogens (primary N) is 2. The van der Waals surface area contributed by atoms with Crippen LogP contribution in [0.25, 0.3) is 22.3 Å². The summed E-state index contributed by atoms with van der Waals surface area (Å²) in [6.07, 6.45) is -6.26. The number of imidazole rings is 2. The second kappa shape index (κ2) is 11.8. The van der Waals surface area contributed by atoms with Gasteiger partial charge in [0.2, 0.25) is 5.95 Å². The lowest BCUT2D eigenvalue weighted by atomic mass is 10.0. The van der Waals surface area contributed by atoms with Crippen LogP contribution >= 0.6 is 15.6 Å². The molecule has 27 heteroatoms. The molecule has 14 N–H and O–H groups in total. The van der Waals surface area contributed by atoms with Gasteiger partial charge in [0.05, 0.1) is 32.5 Å². The third-order valence-electron chi connectivity index (χ3n) is 8.05. The number of aromatic nitrogens is 8. The summed E-state index contributed by atoms with van der Waals surface area (Å²) in [6.45, 7) is -1.82. The smallest absolute Gasteiger partial charge is 0.387 e. The SMILES string of the molecule is N.N.Nc1nc2c(ncn2[C@@H]2O[C@@H]3COP(=O)(O)O[C@H]4[C@H]5OC[C@]4(COP(=O)(O)O[C@@H]2[C@@H]3O)O[C@H]5n2cnc3c(N)ncnc32)c(=O)[nH]1. The average molecular weight is 720 g/mol. The van der Waals surface area contributed by atoms with Crippen LogP contribution in [-0.2, 0) is 41.4 Å². The van der Waals surface area contributed by atoms with Crippen LogP contribution in [0.4, 0.5) is 11.8 Å². The van der Waals surface area contributed by atoms with Crippen LogP contribution in [0.2, 0.25) is 0 Å². The first-order valence-corrected chi connectivity index (χ1v) is 16.4. The normalized spacial score (nSPS) is 38.0. The number of fused-ring (bicyclic) bond motifs is 4. The van der Waals surface area contributed by atoms with Gasteiger partial charge in [-0.3, -0.25) is 37.0 Å². The van der Waals surface area contributed by atoms with Crippen LogP contribution in [0.3, 0.4) is 0 Å². The molecule has 0 aliphatic carbocycles. The number of phosphoric ester groups is 2. The summed E-state index contributed by atoms with van der Waals surface area (Å²) >= 11 is 0. The van der Waals surface area contributed by atoms with Crippen molar-refractivity contribution in [2.75, 3.05) is 31.3 Å². The largest absolute Gasteiger partial charge is 0.472 e. The molecule has 4 aliphatic rings. The fraction of sp³-hybridized carbons (Fsp3) is 0.524. The van der Waals surface area contributed by atoms with Crippen LogP contribution in [0.5, 0.6) is 0 Å². The molecule has 4 aromatic heterocycles. The Morgan fingerprint density at radius 1 is 0.917 bits per heavy atom. The Balaban J connectivity index is 0.00000201. The fourth-order valence-corrected chi connectivity index (χ4v) is 7.95. The van der Waals surface area contributed by atoms with Crippen molar-refractivity contribution in [1.82, 2.24) is 51.3 Å². The van der Waals surface area contributed by atoms with Crippen LogP contribution in [0.1, 0.15) is 12.5 Å². The maximum Gasteiger partial charge on any atom is 0.472 e. The van der Waals surface area contributed by atoms with E-state index in [1.54, 1.807) is 0 Å². The lowest BCUT2D eigenvalue weighted by molar-refractivity contribution is -0.184. The van der Waals surface area contributed by atoms with Gasteiger partial charge in [-0.25, -0.2) is 29.1 Å². The van der Waals surface area contributed by atoms with E-state index in [1.807, 2.05) is 0 Å². The molecule has 2 unspecified atom stereocenters. The fourth-order valence-electron chi connectivity index (χ4n) is 5.97. The molecule has 4 bridgehead atoms. The molecule has 4 fully saturated rings. The van der Waals surface area contributed by atoms with Gasteiger partial charge >= 0.3 is 15.6 Å². The monoisotopic (exact) mass is 720 g/mol. The van der Waals surface area contributed by atoms with Crippen molar-refractivity contribution in [2.45, 2.75) is 48.6 Å². The van der Waals surface area contributed by atoms with E-state index in [2.05, 4.69) is 29.9 Å². The number of phosphoric acid groups is 2. The minimum Gasteiger partial charge on any atom is -0.387 e. The lowest BCUT2D eigenvalue weighted by Crippen LogP contribution is -2.45.